The molecular formula is C47H34O. The Balaban J connectivity index is 1.37. The lowest BCUT2D eigenvalue weighted by Crippen LogP contribution is -2.07. The summed E-state index contributed by atoms with van der Waals surface area (Å²) in [5.74, 6) is 0. The molecule has 48 heavy (non-hydrogen) atoms. The molecule has 1 aliphatic rings. The standard InChI is InChI=1S/C47H34O/c1-2-16-32-30(13-1)14-11-15-31(32)29-43-35-19-5-7-21-38(35)46(39-22-8-6-20-36(39)43)41-28-27-37(33-17-3-4-18-34(33)41)40-24-12-26-45-47(40)42-23-9-10-25-44(42)48-45/h3-12,14-15,17-28H,1-2,13,16,29H2/i1D,2D,5D,6D,7D,8D,11D,13D,14D,15D,16D,19D,20D,21D,22D. The molecule has 1 aromatic heterocycles. The highest BCUT2D eigenvalue weighted by atomic mass is 16.3. The third-order valence-electron chi connectivity index (χ3n) is 9.38. The first-order valence-corrected chi connectivity index (χ1v) is 15.8. The smallest absolute Gasteiger partial charge is 0.136 e. The first-order chi connectivity index (χ1) is 30.1. The molecule has 0 saturated heterocycles. The van der Waals surface area contributed by atoms with Crippen molar-refractivity contribution in [3.8, 4) is 22.3 Å². The molecule has 9 aromatic rings. The van der Waals surface area contributed by atoms with E-state index in [4.69, 9.17) is 19.5 Å². The van der Waals surface area contributed by atoms with Crippen LogP contribution in [-0.2, 0) is 19.2 Å². The summed E-state index contributed by atoms with van der Waals surface area (Å²) in [6, 6.07) is 18.6. The monoisotopic (exact) mass is 629 g/mol. The van der Waals surface area contributed by atoms with E-state index in [2.05, 4.69) is 0 Å². The molecule has 8 aromatic carbocycles. The van der Waals surface area contributed by atoms with Crippen molar-refractivity contribution in [3.63, 3.8) is 0 Å². The second-order valence-electron chi connectivity index (χ2n) is 11.9. The number of hydrogen-bond acceptors (Lipinski definition) is 1. The van der Waals surface area contributed by atoms with Crippen molar-refractivity contribution in [1.29, 1.82) is 0 Å². The van der Waals surface area contributed by atoms with Gasteiger partial charge in [-0.2, -0.15) is 0 Å². The minimum absolute atomic E-state index is 0.0294. The number of furan rings is 1. The summed E-state index contributed by atoms with van der Waals surface area (Å²) in [5, 5.41) is 2.85. The lowest BCUT2D eigenvalue weighted by molar-refractivity contribution is 0.669. The molecule has 1 heterocycles. The Morgan fingerprint density at radius 3 is 1.96 bits per heavy atom. The molecule has 1 aliphatic carbocycles. The van der Waals surface area contributed by atoms with Crippen LogP contribution in [0.4, 0.5) is 0 Å². The molecule has 228 valence electrons. The van der Waals surface area contributed by atoms with Crippen LogP contribution >= 0.6 is 0 Å². The molecule has 0 bridgehead atoms. The van der Waals surface area contributed by atoms with Crippen molar-refractivity contribution in [2.75, 3.05) is 0 Å². The molecule has 1 heteroatoms. The zero-order chi connectivity index (χ0) is 44.7. The molecule has 0 radical (unpaired) electrons. The predicted octanol–water partition coefficient (Wildman–Crippen LogP) is 12.8. The average molecular weight is 630 g/mol. The number of para-hydroxylation sites is 1. The van der Waals surface area contributed by atoms with Gasteiger partial charge >= 0.3 is 0 Å². The highest BCUT2D eigenvalue weighted by Crippen LogP contribution is 2.46. The van der Waals surface area contributed by atoms with Crippen LogP contribution in [0.25, 0.3) is 76.5 Å². The van der Waals surface area contributed by atoms with Gasteiger partial charge in [-0.3, -0.25) is 0 Å². The summed E-state index contributed by atoms with van der Waals surface area (Å²) < 4.78 is 141. The van der Waals surface area contributed by atoms with E-state index in [1.165, 1.54) is 0 Å². The Morgan fingerprint density at radius 1 is 0.521 bits per heavy atom. The van der Waals surface area contributed by atoms with Crippen molar-refractivity contribution in [1.82, 2.24) is 0 Å². The van der Waals surface area contributed by atoms with Gasteiger partial charge in [-0.05, 0) is 121 Å². The Labute approximate surface area is 301 Å². The Hall–Kier alpha value is -5.66. The van der Waals surface area contributed by atoms with Crippen LogP contribution in [0.5, 0.6) is 0 Å². The Morgan fingerprint density at radius 2 is 1.17 bits per heavy atom. The van der Waals surface area contributed by atoms with E-state index in [1.54, 1.807) is 6.07 Å². The molecule has 0 N–H and O–H groups in total. The quantitative estimate of drug-likeness (QED) is 0.177. The first kappa shape index (κ1) is 16.4. The number of benzene rings is 8. The zero-order valence-corrected chi connectivity index (χ0v) is 25.4. The molecule has 0 spiro atoms. The second kappa shape index (κ2) is 11.0. The van der Waals surface area contributed by atoms with Crippen molar-refractivity contribution in [2.24, 2.45) is 0 Å². The van der Waals surface area contributed by atoms with E-state index in [1.807, 2.05) is 72.8 Å². The largest absolute Gasteiger partial charge is 0.456 e. The molecule has 4 atom stereocenters. The fourth-order valence-corrected chi connectivity index (χ4v) is 7.31. The molecule has 4 unspecified atom stereocenters. The van der Waals surface area contributed by atoms with E-state index in [-0.39, 0.29) is 49.4 Å². The Bertz CT molecular complexity index is 3410. The van der Waals surface area contributed by atoms with Gasteiger partial charge in [-0.25, -0.2) is 0 Å². The maximum Gasteiger partial charge on any atom is 0.136 e. The summed E-state index contributed by atoms with van der Waals surface area (Å²) in [4.78, 5) is 0. The first-order valence-electron chi connectivity index (χ1n) is 23.6. The average Bonchev–Trinajstić information content (AvgIpc) is 3.68. The normalized spacial score (nSPS) is 23.7. The van der Waals surface area contributed by atoms with Gasteiger partial charge < -0.3 is 4.42 Å². The van der Waals surface area contributed by atoms with E-state index in [0.29, 0.717) is 22.1 Å². The highest BCUT2D eigenvalue weighted by molar-refractivity contribution is 6.21. The third kappa shape index (κ3) is 4.17. The molecule has 0 amide bonds. The van der Waals surface area contributed by atoms with Crippen LogP contribution in [0.2, 0.25) is 0 Å². The second-order valence-corrected chi connectivity index (χ2v) is 11.9. The summed E-state index contributed by atoms with van der Waals surface area (Å²) in [7, 11) is 0. The fraction of sp³-hybridized carbons (Fsp3) is 0.106. The third-order valence-corrected chi connectivity index (χ3v) is 9.38. The summed E-state index contributed by atoms with van der Waals surface area (Å²) in [6.45, 7) is 0. The van der Waals surface area contributed by atoms with Crippen molar-refractivity contribution < 1.29 is 25.0 Å². The van der Waals surface area contributed by atoms with E-state index in [9.17, 15) is 5.48 Å². The van der Waals surface area contributed by atoms with Gasteiger partial charge in [0.15, 0.2) is 0 Å². The molecule has 0 saturated carbocycles. The van der Waals surface area contributed by atoms with E-state index >= 15 is 0 Å². The SMILES string of the molecule is [2H]c1c([2H])c(Cc2c3c([2H])c([2H])c([2H])c([2H])c3c(-c3ccc(-c4cccc5oc6ccccc6c45)c4ccccc34)c3c([2H])c([2H])c([2H])c([2H])c23)c2c(c1[2H])C([2H])C([2H])C([2H])C2[2H]. The van der Waals surface area contributed by atoms with Gasteiger partial charge in [0.2, 0.25) is 0 Å². The number of fused-ring (bicyclic) bond motifs is 7. The molecule has 0 aliphatic heterocycles. The van der Waals surface area contributed by atoms with Crippen LogP contribution < -0.4 is 0 Å². The van der Waals surface area contributed by atoms with Gasteiger partial charge in [-0.1, -0.05) is 133 Å². The van der Waals surface area contributed by atoms with Crippen LogP contribution in [0.15, 0.2) is 150 Å². The lowest BCUT2D eigenvalue weighted by atomic mass is 9.82. The molecule has 10 rings (SSSR count). The van der Waals surface area contributed by atoms with E-state index < -0.39 is 98.5 Å². The van der Waals surface area contributed by atoms with Crippen molar-refractivity contribution in [3.05, 3.63) is 168 Å². The van der Waals surface area contributed by atoms with E-state index in [0.717, 1.165) is 27.3 Å². The molecule has 1 nitrogen and oxygen atoms in total. The van der Waals surface area contributed by atoms with Gasteiger partial charge in [0.05, 0.1) is 15.1 Å². The number of hydrogen-bond donors (Lipinski definition) is 0. The molecule has 0 fully saturated rings. The predicted molar refractivity (Wildman–Crippen MR) is 203 cm³/mol. The highest BCUT2D eigenvalue weighted by Gasteiger charge is 2.21. The fourth-order valence-electron chi connectivity index (χ4n) is 7.31. The summed E-state index contributed by atoms with van der Waals surface area (Å²) >= 11 is 0. The summed E-state index contributed by atoms with van der Waals surface area (Å²) in [6.07, 6.45) is -6.43. The lowest BCUT2D eigenvalue weighted by Gasteiger charge is -2.22. The van der Waals surface area contributed by atoms with Gasteiger partial charge in [0.1, 0.15) is 11.2 Å². The maximum absolute atomic E-state index is 9.50. The minimum atomic E-state index is -1.52. The van der Waals surface area contributed by atoms with Gasteiger partial charge in [-0.15, -0.1) is 0 Å². The number of rotatable bonds is 4. The zero-order valence-electron chi connectivity index (χ0n) is 40.4. The minimum Gasteiger partial charge on any atom is -0.456 e. The van der Waals surface area contributed by atoms with Gasteiger partial charge in [0, 0.05) is 16.3 Å². The Kier molecular flexibility index (Phi) is 3.75. The van der Waals surface area contributed by atoms with Crippen LogP contribution in [0.3, 0.4) is 0 Å². The van der Waals surface area contributed by atoms with Crippen LogP contribution in [0, 0.1) is 0 Å². The summed E-state index contributed by atoms with van der Waals surface area (Å²) in [5.41, 5.74) is 3.30. The van der Waals surface area contributed by atoms with Crippen molar-refractivity contribution in [2.45, 2.75) is 32.0 Å². The van der Waals surface area contributed by atoms with Gasteiger partial charge in [0.25, 0.3) is 0 Å². The maximum atomic E-state index is 9.50. The topological polar surface area (TPSA) is 13.1 Å². The van der Waals surface area contributed by atoms with Crippen molar-refractivity contribution >= 4 is 54.3 Å². The van der Waals surface area contributed by atoms with Crippen LogP contribution in [-0.4, -0.2) is 0 Å². The molecular weight excluding hydrogens is 581 g/mol. The van der Waals surface area contributed by atoms with Crippen LogP contribution in [0.1, 0.15) is 55.6 Å².